The fourth-order valence-electron chi connectivity index (χ4n) is 2.24. The van der Waals surface area contributed by atoms with Gasteiger partial charge in [0.15, 0.2) is 0 Å². The van der Waals surface area contributed by atoms with E-state index in [1.54, 1.807) is 0 Å². The zero-order valence-electron chi connectivity index (χ0n) is 16.1. The molecule has 0 heterocycles. The van der Waals surface area contributed by atoms with Crippen LogP contribution in [0.1, 0.15) is 29.8 Å². The number of esters is 3. The van der Waals surface area contributed by atoms with Gasteiger partial charge in [-0.05, 0) is 43.7 Å². The Balaban J connectivity index is 2.07. The van der Waals surface area contributed by atoms with Gasteiger partial charge in [-0.15, -0.1) is 0 Å². The Morgan fingerprint density at radius 3 is 1.90 bits per heavy atom. The highest BCUT2D eigenvalue weighted by Crippen LogP contribution is 2.24. The third-order valence-electron chi connectivity index (χ3n) is 3.64. The van der Waals surface area contributed by atoms with Crippen LogP contribution in [0.2, 0.25) is 0 Å². The Hall–Kier alpha value is -3.42. The van der Waals surface area contributed by atoms with Crippen LogP contribution in [0.25, 0.3) is 0 Å². The maximum atomic E-state index is 14.9. The summed E-state index contributed by atoms with van der Waals surface area (Å²) in [7, 11) is 0. The average molecular weight is 404 g/mol. The minimum absolute atomic E-state index is 0.0945. The molecule has 2 rings (SSSR count). The molecule has 0 aliphatic carbocycles. The van der Waals surface area contributed by atoms with E-state index in [4.69, 9.17) is 9.47 Å². The molecule has 0 bridgehead atoms. The largest absolute Gasteiger partial charge is 0.460 e. The van der Waals surface area contributed by atoms with E-state index in [0.717, 1.165) is 5.56 Å². The lowest BCUT2D eigenvalue weighted by Crippen LogP contribution is -2.50. The Labute approximate surface area is 167 Å². The molecule has 2 aromatic rings. The lowest BCUT2D eigenvalue weighted by Gasteiger charge is -2.22. The molecular formula is C21H21FO7. The molecule has 0 aromatic heterocycles. The van der Waals surface area contributed by atoms with Crippen LogP contribution in [-0.2, 0) is 30.4 Å². The van der Waals surface area contributed by atoms with Crippen molar-refractivity contribution in [1.82, 2.24) is 0 Å². The predicted molar refractivity (Wildman–Crippen MR) is 99.7 cm³/mol. The molecule has 0 aliphatic heterocycles. The Kier molecular flexibility index (Phi) is 7.70. The molecule has 2 aromatic carbocycles. The number of benzene rings is 2. The number of hydrogen-bond acceptors (Lipinski definition) is 7. The molecule has 0 amide bonds. The van der Waals surface area contributed by atoms with Gasteiger partial charge in [0, 0.05) is 0 Å². The second-order valence-electron chi connectivity index (χ2n) is 5.72. The number of hydrogen-bond donors (Lipinski definition) is 0. The van der Waals surface area contributed by atoms with Crippen LogP contribution in [-0.4, -0.2) is 37.0 Å². The second-order valence-corrected chi connectivity index (χ2v) is 5.72. The average Bonchev–Trinajstić information content (AvgIpc) is 2.73. The first-order valence-electron chi connectivity index (χ1n) is 8.94. The summed E-state index contributed by atoms with van der Waals surface area (Å²) in [6.45, 7) is 2.70. The van der Waals surface area contributed by atoms with Gasteiger partial charge in [0.25, 0.3) is 0 Å². The lowest BCUT2D eigenvalue weighted by atomic mass is 10.2. The molecule has 7 nitrogen and oxygen atoms in total. The second kappa shape index (κ2) is 10.2. The van der Waals surface area contributed by atoms with Gasteiger partial charge in [-0.3, -0.25) is 0 Å². The Morgan fingerprint density at radius 2 is 1.38 bits per heavy atom. The summed E-state index contributed by atoms with van der Waals surface area (Å²) < 4.78 is 34.2. The Bertz CT molecular complexity index is 816. The van der Waals surface area contributed by atoms with Crippen LogP contribution in [0.4, 0.5) is 4.39 Å². The van der Waals surface area contributed by atoms with Gasteiger partial charge in [-0.25, -0.2) is 14.4 Å². The smallest absolute Gasteiger partial charge is 0.444 e. The summed E-state index contributed by atoms with van der Waals surface area (Å²) in [5.41, 5.74) is 1.01. The number of ether oxygens (including phenoxy) is 4. The number of rotatable bonds is 9. The van der Waals surface area contributed by atoms with E-state index in [9.17, 15) is 18.8 Å². The standard InChI is InChI=1S/C21H21FO7/c1-3-26-19(24)21(22,20(25)27-4-2)29-17-12-10-16(11-13-17)18(23)28-14-15-8-6-5-7-9-15/h5-13H,3-4,14H2,1-2H3. The van der Waals surface area contributed by atoms with Gasteiger partial charge in [-0.1, -0.05) is 30.3 Å². The summed E-state index contributed by atoms with van der Waals surface area (Å²) in [5, 5.41) is 0. The van der Waals surface area contributed by atoms with E-state index in [2.05, 4.69) is 9.47 Å². The molecule has 29 heavy (non-hydrogen) atoms. The van der Waals surface area contributed by atoms with E-state index in [0.29, 0.717) is 0 Å². The molecule has 0 fully saturated rings. The zero-order chi connectivity index (χ0) is 21.3. The molecule has 8 heteroatoms. The molecule has 0 saturated heterocycles. The first-order valence-corrected chi connectivity index (χ1v) is 8.94. The van der Waals surface area contributed by atoms with Crippen LogP contribution in [0.5, 0.6) is 5.75 Å². The summed E-state index contributed by atoms with van der Waals surface area (Å²) in [6.07, 6.45) is 0. The van der Waals surface area contributed by atoms with Crippen LogP contribution in [0.15, 0.2) is 54.6 Å². The van der Waals surface area contributed by atoms with Crippen molar-refractivity contribution < 1.29 is 37.7 Å². The monoisotopic (exact) mass is 404 g/mol. The molecule has 154 valence electrons. The third kappa shape index (κ3) is 5.78. The van der Waals surface area contributed by atoms with Crippen molar-refractivity contribution in [2.75, 3.05) is 13.2 Å². The number of carbonyl (C=O) groups excluding carboxylic acids is 3. The van der Waals surface area contributed by atoms with E-state index < -0.39 is 23.8 Å². The fraction of sp³-hybridized carbons (Fsp3) is 0.286. The van der Waals surface area contributed by atoms with Gasteiger partial charge in [0.1, 0.15) is 12.4 Å². The molecule has 0 N–H and O–H groups in total. The van der Waals surface area contributed by atoms with Crippen molar-refractivity contribution in [3.8, 4) is 5.75 Å². The van der Waals surface area contributed by atoms with Crippen molar-refractivity contribution in [1.29, 1.82) is 0 Å². The predicted octanol–water partition coefficient (Wildman–Crippen LogP) is 3.21. The highest BCUT2D eigenvalue weighted by atomic mass is 19.2. The highest BCUT2D eigenvalue weighted by Gasteiger charge is 2.53. The van der Waals surface area contributed by atoms with Gasteiger partial charge in [-0.2, -0.15) is 4.39 Å². The maximum Gasteiger partial charge on any atom is 0.444 e. The lowest BCUT2D eigenvalue weighted by molar-refractivity contribution is -0.198. The Morgan fingerprint density at radius 1 is 0.828 bits per heavy atom. The number of carbonyl (C=O) groups is 3. The van der Waals surface area contributed by atoms with Crippen molar-refractivity contribution in [3.05, 3.63) is 65.7 Å². The maximum absolute atomic E-state index is 14.9. The fourth-order valence-corrected chi connectivity index (χ4v) is 2.24. The molecule has 0 unspecified atom stereocenters. The van der Waals surface area contributed by atoms with Crippen molar-refractivity contribution in [2.24, 2.45) is 0 Å². The molecule has 0 atom stereocenters. The first-order chi connectivity index (χ1) is 13.9. The van der Waals surface area contributed by atoms with E-state index in [1.165, 1.54) is 38.1 Å². The minimum atomic E-state index is -3.46. The van der Waals surface area contributed by atoms with Gasteiger partial charge in [0.05, 0.1) is 18.8 Å². The molecular weight excluding hydrogens is 383 g/mol. The third-order valence-corrected chi connectivity index (χ3v) is 3.64. The quantitative estimate of drug-likeness (QED) is 0.360. The van der Waals surface area contributed by atoms with Crippen LogP contribution >= 0.6 is 0 Å². The SMILES string of the molecule is CCOC(=O)C(F)(Oc1ccc(C(=O)OCc2ccccc2)cc1)C(=O)OCC. The first kappa shape index (κ1) is 21.9. The van der Waals surface area contributed by atoms with Gasteiger partial charge in [0.2, 0.25) is 0 Å². The molecule has 0 aliphatic rings. The summed E-state index contributed by atoms with van der Waals surface area (Å²) in [4.78, 5) is 35.9. The van der Waals surface area contributed by atoms with E-state index in [1.807, 2.05) is 30.3 Å². The van der Waals surface area contributed by atoms with Crippen LogP contribution in [0, 0.1) is 0 Å². The normalized spacial score (nSPS) is 10.7. The van der Waals surface area contributed by atoms with E-state index >= 15 is 0 Å². The highest BCUT2D eigenvalue weighted by molar-refractivity contribution is 6.02. The van der Waals surface area contributed by atoms with E-state index in [-0.39, 0.29) is 31.1 Å². The van der Waals surface area contributed by atoms with Gasteiger partial charge < -0.3 is 18.9 Å². The van der Waals surface area contributed by atoms with Crippen molar-refractivity contribution >= 4 is 17.9 Å². The van der Waals surface area contributed by atoms with Crippen molar-refractivity contribution in [2.45, 2.75) is 26.3 Å². The van der Waals surface area contributed by atoms with Crippen LogP contribution < -0.4 is 4.74 Å². The molecule has 0 spiro atoms. The minimum Gasteiger partial charge on any atom is -0.460 e. The number of halogens is 1. The summed E-state index contributed by atoms with van der Waals surface area (Å²) >= 11 is 0. The molecule has 0 saturated carbocycles. The van der Waals surface area contributed by atoms with Crippen LogP contribution in [0.3, 0.4) is 0 Å². The van der Waals surface area contributed by atoms with Gasteiger partial charge >= 0.3 is 23.8 Å². The molecule has 0 radical (unpaired) electrons. The summed E-state index contributed by atoms with van der Waals surface area (Å²) in [5.74, 6) is -7.27. The zero-order valence-corrected chi connectivity index (χ0v) is 16.1. The van der Waals surface area contributed by atoms with Crippen molar-refractivity contribution in [3.63, 3.8) is 0 Å². The number of alkyl halides is 1. The summed E-state index contributed by atoms with van der Waals surface area (Å²) in [6, 6.07) is 14.2. The topological polar surface area (TPSA) is 88.1 Å².